The lowest BCUT2D eigenvalue weighted by atomic mass is 9.94. The van der Waals surface area contributed by atoms with Crippen LogP contribution in [0.3, 0.4) is 0 Å². The Morgan fingerprint density at radius 1 is 1.28 bits per heavy atom. The molecule has 3 aromatic heterocycles. The van der Waals surface area contributed by atoms with Crippen LogP contribution in [-0.2, 0) is 6.54 Å². The van der Waals surface area contributed by atoms with E-state index in [9.17, 15) is 0 Å². The Balaban J connectivity index is 1.55. The number of nitrogens with zero attached hydrogens (tertiary/aromatic N) is 5. The molecule has 1 aliphatic heterocycles. The van der Waals surface area contributed by atoms with Crippen LogP contribution in [0.5, 0.6) is 0 Å². The SMILES string of the molecule is Cc1nc(-c2ncc(C)[nH]2)cc(C2CCCN(Cc3cscn3)C2)n1. The van der Waals surface area contributed by atoms with Gasteiger partial charge in [-0.25, -0.2) is 19.9 Å². The number of likely N-dealkylation sites (tertiary alicyclic amines) is 1. The number of rotatable bonds is 4. The molecule has 3 aromatic rings. The van der Waals surface area contributed by atoms with Crippen LogP contribution in [0.2, 0.25) is 0 Å². The highest BCUT2D eigenvalue weighted by Gasteiger charge is 2.24. The fourth-order valence-electron chi connectivity index (χ4n) is 3.45. The molecule has 1 aliphatic rings. The number of nitrogens with one attached hydrogen (secondary N) is 1. The molecule has 130 valence electrons. The molecule has 0 aliphatic carbocycles. The van der Waals surface area contributed by atoms with Crippen molar-refractivity contribution in [2.75, 3.05) is 13.1 Å². The van der Waals surface area contributed by atoms with Crippen molar-refractivity contribution in [1.82, 2.24) is 29.8 Å². The third kappa shape index (κ3) is 3.77. The predicted molar refractivity (Wildman–Crippen MR) is 98.5 cm³/mol. The number of aromatic amines is 1. The van der Waals surface area contributed by atoms with E-state index in [1.165, 1.54) is 12.8 Å². The molecule has 4 rings (SSSR count). The number of aryl methyl sites for hydroxylation is 2. The summed E-state index contributed by atoms with van der Waals surface area (Å²) in [4.78, 5) is 23.9. The second-order valence-electron chi connectivity index (χ2n) is 6.69. The van der Waals surface area contributed by atoms with Crippen LogP contribution in [0.4, 0.5) is 0 Å². The minimum Gasteiger partial charge on any atom is -0.341 e. The van der Waals surface area contributed by atoms with Gasteiger partial charge in [-0.2, -0.15) is 0 Å². The third-order valence-electron chi connectivity index (χ3n) is 4.60. The summed E-state index contributed by atoms with van der Waals surface area (Å²) in [7, 11) is 0. The average Bonchev–Trinajstić information content (AvgIpc) is 3.26. The molecule has 6 nitrogen and oxygen atoms in total. The van der Waals surface area contributed by atoms with E-state index in [1.54, 1.807) is 11.3 Å². The fourth-order valence-corrected chi connectivity index (χ4v) is 4.00. The Labute approximate surface area is 151 Å². The zero-order valence-electron chi connectivity index (χ0n) is 14.6. The average molecular weight is 354 g/mol. The van der Waals surface area contributed by atoms with Crippen molar-refractivity contribution < 1.29 is 0 Å². The van der Waals surface area contributed by atoms with Crippen LogP contribution >= 0.6 is 11.3 Å². The monoisotopic (exact) mass is 354 g/mol. The maximum Gasteiger partial charge on any atom is 0.156 e. The van der Waals surface area contributed by atoms with Crippen molar-refractivity contribution in [3.63, 3.8) is 0 Å². The van der Waals surface area contributed by atoms with Crippen molar-refractivity contribution in [3.8, 4) is 11.5 Å². The van der Waals surface area contributed by atoms with Crippen LogP contribution in [0.25, 0.3) is 11.5 Å². The second-order valence-corrected chi connectivity index (χ2v) is 7.41. The highest BCUT2D eigenvalue weighted by Crippen LogP contribution is 2.28. The Kier molecular flexibility index (Phi) is 4.59. The molecule has 1 N–H and O–H groups in total. The third-order valence-corrected chi connectivity index (χ3v) is 5.23. The zero-order chi connectivity index (χ0) is 17.2. The molecule has 1 atom stereocenters. The molecule has 7 heteroatoms. The summed E-state index contributed by atoms with van der Waals surface area (Å²) < 4.78 is 0. The molecule has 25 heavy (non-hydrogen) atoms. The zero-order valence-corrected chi connectivity index (χ0v) is 15.4. The quantitative estimate of drug-likeness (QED) is 0.778. The Bertz CT molecular complexity index is 841. The van der Waals surface area contributed by atoms with Gasteiger partial charge in [0, 0.05) is 42.0 Å². The summed E-state index contributed by atoms with van der Waals surface area (Å²) in [5, 5.41) is 2.13. The fraction of sp³-hybridized carbons (Fsp3) is 0.444. The standard InChI is InChI=1S/C18H22N6S/c1-12-7-19-18(21-12)17-6-16(22-13(2)23-17)14-4-3-5-24(8-14)9-15-10-25-11-20-15/h6-7,10-11,14H,3-5,8-9H2,1-2H3,(H,19,21). The van der Waals surface area contributed by atoms with Gasteiger partial charge < -0.3 is 4.98 Å². The summed E-state index contributed by atoms with van der Waals surface area (Å²) in [5.74, 6) is 2.06. The first kappa shape index (κ1) is 16.4. The lowest BCUT2D eigenvalue weighted by Crippen LogP contribution is -2.34. The van der Waals surface area contributed by atoms with Crippen LogP contribution in [0.15, 0.2) is 23.2 Å². The van der Waals surface area contributed by atoms with E-state index in [0.29, 0.717) is 5.92 Å². The van der Waals surface area contributed by atoms with E-state index < -0.39 is 0 Å². The van der Waals surface area contributed by atoms with Gasteiger partial charge in [0.05, 0.1) is 11.2 Å². The highest BCUT2D eigenvalue weighted by atomic mass is 32.1. The summed E-state index contributed by atoms with van der Waals surface area (Å²) in [6.45, 7) is 7.03. The minimum absolute atomic E-state index is 0.434. The lowest BCUT2D eigenvalue weighted by Gasteiger charge is -2.32. The number of thiazole rings is 1. The number of hydrogen-bond donors (Lipinski definition) is 1. The molecule has 1 saturated heterocycles. The van der Waals surface area contributed by atoms with Gasteiger partial charge >= 0.3 is 0 Å². The normalized spacial score (nSPS) is 18.6. The molecule has 0 saturated carbocycles. The Morgan fingerprint density at radius 2 is 2.20 bits per heavy atom. The van der Waals surface area contributed by atoms with E-state index in [0.717, 1.165) is 54.1 Å². The smallest absolute Gasteiger partial charge is 0.156 e. The van der Waals surface area contributed by atoms with Gasteiger partial charge in [0.2, 0.25) is 0 Å². The molecule has 0 bridgehead atoms. The highest BCUT2D eigenvalue weighted by molar-refractivity contribution is 7.07. The van der Waals surface area contributed by atoms with Crippen molar-refractivity contribution in [2.24, 2.45) is 0 Å². The van der Waals surface area contributed by atoms with Gasteiger partial charge in [0.15, 0.2) is 5.82 Å². The number of H-pyrrole nitrogens is 1. The van der Waals surface area contributed by atoms with E-state index in [-0.39, 0.29) is 0 Å². The molecule has 1 unspecified atom stereocenters. The van der Waals surface area contributed by atoms with Crippen molar-refractivity contribution >= 4 is 11.3 Å². The van der Waals surface area contributed by atoms with E-state index in [1.807, 2.05) is 25.6 Å². The first-order chi connectivity index (χ1) is 12.2. The minimum atomic E-state index is 0.434. The van der Waals surface area contributed by atoms with E-state index in [2.05, 4.69) is 36.3 Å². The summed E-state index contributed by atoms with van der Waals surface area (Å²) >= 11 is 1.66. The first-order valence-electron chi connectivity index (χ1n) is 8.64. The molecular formula is C18H22N6S. The van der Waals surface area contributed by atoms with Gasteiger partial charge in [-0.05, 0) is 39.3 Å². The molecule has 0 radical (unpaired) electrons. The van der Waals surface area contributed by atoms with E-state index >= 15 is 0 Å². The lowest BCUT2D eigenvalue weighted by molar-refractivity contribution is 0.196. The van der Waals surface area contributed by atoms with Crippen molar-refractivity contribution in [1.29, 1.82) is 0 Å². The second kappa shape index (κ2) is 7.01. The van der Waals surface area contributed by atoms with Crippen LogP contribution in [0.1, 0.15) is 41.7 Å². The Hall–Kier alpha value is -2.12. The number of aromatic nitrogens is 5. The van der Waals surface area contributed by atoms with Crippen molar-refractivity contribution in [3.05, 3.63) is 46.1 Å². The predicted octanol–water partition coefficient (Wildman–Crippen LogP) is 3.32. The van der Waals surface area contributed by atoms with Gasteiger partial charge in [-0.15, -0.1) is 11.3 Å². The maximum absolute atomic E-state index is 4.73. The molecule has 1 fully saturated rings. The summed E-state index contributed by atoms with van der Waals surface area (Å²) in [6, 6.07) is 2.10. The van der Waals surface area contributed by atoms with Crippen LogP contribution < -0.4 is 0 Å². The Morgan fingerprint density at radius 3 is 2.96 bits per heavy atom. The molecular weight excluding hydrogens is 332 g/mol. The number of imidazole rings is 1. The van der Waals surface area contributed by atoms with Gasteiger partial charge in [0.1, 0.15) is 11.5 Å². The molecule has 4 heterocycles. The molecule has 0 amide bonds. The van der Waals surface area contributed by atoms with Gasteiger partial charge in [-0.3, -0.25) is 4.90 Å². The van der Waals surface area contributed by atoms with Crippen LogP contribution in [-0.4, -0.2) is 42.9 Å². The molecule has 0 aromatic carbocycles. The van der Waals surface area contributed by atoms with Crippen molar-refractivity contribution in [2.45, 2.75) is 39.2 Å². The first-order valence-corrected chi connectivity index (χ1v) is 9.58. The molecule has 0 spiro atoms. The topological polar surface area (TPSA) is 70.6 Å². The largest absolute Gasteiger partial charge is 0.341 e. The number of piperidine rings is 1. The van der Waals surface area contributed by atoms with Gasteiger partial charge in [-0.1, -0.05) is 0 Å². The summed E-state index contributed by atoms with van der Waals surface area (Å²) in [6.07, 6.45) is 4.19. The number of hydrogen-bond acceptors (Lipinski definition) is 6. The van der Waals surface area contributed by atoms with Crippen LogP contribution in [0, 0.1) is 13.8 Å². The van der Waals surface area contributed by atoms with Gasteiger partial charge in [0.25, 0.3) is 0 Å². The summed E-state index contributed by atoms with van der Waals surface area (Å²) in [5.41, 5.74) is 6.12. The van der Waals surface area contributed by atoms with E-state index in [4.69, 9.17) is 4.98 Å². The maximum atomic E-state index is 4.73.